The molecule has 2 rings (SSSR count). The fraction of sp³-hybridized carbons (Fsp3) is 0.417. The first-order valence-electron chi connectivity index (χ1n) is 5.85. The van der Waals surface area contributed by atoms with Crippen LogP contribution in [0.4, 0.5) is 5.69 Å². The summed E-state index contributed by atoms with van der Waals surface area (Å²) >= 11 is 0. The number of H-pyrrole nitrogens is 1. The molecule has 6 nitrogen and oxygen atoms in total. The molecule has 0 spiro atoms. The summed E-state index contributed by atoms with van der Waals surface area (Å²) in [6.45, 7) is 0. The standard InChI is InChI=1S/C12H15N5O/c13-6-7-2-1-3-8(7)17-9-4-5-16-12(18)10(9)11(14)15/h4-5,7-8H,1-3H2,(H3,14,15)(H2,16,17,18)/t7-,8+/m1/s1. The van der Waals surface area contributed by atoms with Crippen LogP contribution in [-0.4, -0.2) is 16.9 Å². The van der Waals surface area contributed by atoms with Crippen LogP contribution in [0.15, 0.2) is 17.1 Å². The van der Waals surface area contributed by atoms with Crippen molar-refractivity contribution in [3.8, 4) is 6.07 Å². The number of nitrogens with zero attached hydrogens (tertiary/aromatic N) is 1. The van der Waals surface area contributed by atoms with Gasteiger partial charge in [-0.1, -0.05) is 0 Å². The van der Waals surface area contributed by atoms with E-state index in [0.29, 0.717) is 5.69 Å². The van der Waals surface area contributed by atoms with Gasteiger partial charge in [0, 0.05) is 12.2 Å². The fourth-order valence-corrected chi connectivity index (χ4v) is 2.35. The van der Waals surface area contributed by atoms with E-state index in [2.05, 4.69) is 16.4 Å². The van der Waals surface area contributed by atoms with E-state index in [9.17, 15) is 4.79 Å². The third-order valence-corrected chi connectivity index (χ3v) is 3.25. The van der Waals surface area contributed by atoms with Gasteiger partial charge in [0.15, 0.2) is 0 Å². The van der Waals surface area contributed by atoms with Crippen LogP contribution in [0.3, 0.4) is 0 Å². The minimum Gasteiger partial charge on any atom is -0.383 e. The Balaban J connectivity index is 2.30. The van der Waals surface area contributed by atoms with Gasteiger partial charge in [-0.2, -0.15) is 5.26 Å². The van der Waals surface area contributed by atoms with Crippen molar-refractivity contribution in [1.82, 2.24) is 4.98 Å². The Kier molecular flexibility index (Phi) is 3.33. The third-order valence-electron chi connectivity index (χ3n) is 3.25. The van der Waals surface area contributed by atoms with Gasteiger partial charge in [-0.3, -0.25) is 10.2 Å². The molecule has 0 aliphatic heterocycles. The van der Waals surface area contributed by atoms with Gasteiger partial charge >= 0.3 is 0 Å². The van der Waals surface area contributed by atoms with Gasteiger partial charge in [0.05, 0.1) is 17.7 Å². The Labute approximate surface area is 104 Å². The van der Waals surface area contributed by atoms with E-state index >= 15 is 0 Å². The van der Waals surface area contributed by atoms with Gasteiger partial charge in [-0.25, -0.2) is 0 Å². The minimum atomic E-state index is -0.390. The number of amidine groups is 1. The molecule has 1 saturated carbocycles. The summed E-state index contributed by atoms with van der Waals surface area (Å²) < 4.78 is 0. The van der Waals surface area contributed by atoms with Crippen LogP contribution in [0.2, 0.25) is 0 Å². The maximum atomic E-state index is 11.6. The van der Waals surface area contributed by atoms with Crippen molar-refractivity contribution in [3.05, 3.63) is 28.2 Å². The zero-order valence-electron chi connectivity index (χ0n) is 9.86. The summed E-state index contributed by atoms with van der Waals surface area (Å²) in [6, 6.07) is 3.96. The highest BCUT2D eigenvalue weighted by Crippen LogP contribution is 2.28. The lowest BCUT2D eigenvalue weighted by atomic mass is 10.0. The van der Waals surface area contributed by atoms with Crippen molar-refractivity contribution in [2.45, 2.75) is 25.3 Å². The number of pyridine rings is 1. The van der Waals surface area contributed by atoms with Gasteiger partial charge in [0.25, 0.3) is 5.56 Å². The quantitative estimate of drug-likeness (QED) is 0.464. The van der Waals surface area contributed by atoms with Crippen molar-refractivity contribution >= 4 is 11.5 Å². The van der Waals surface area contributed by atoms with E-state index in [1.165, 1.54) is 6.20 Å². The van der Waals surface area contributed by atoms with Crippen LogP contribution in [0.25, 0.3) is 0 Å². The number of anilines is 1. The minimum absolute atomic E-state index is 0.0231. The Morgan fingerprint density at radius 1 is 1.61 bits per heavy atom. The lowest BCUT2D eigenvalue weighted by Gasteiger charge is -2.18. The number of aromatic nitrogens is 1. The molecule has 1 aromatic rings. The Morgan fingerprint density at radius 3 is 3.06 bits per heavy atom. The summed E-state index contributed by atoms with van der Waals surface area (Å²) in [7, 11) is 0. The van der Waals surface area contributed by atoms with Crippen LogP contribution in [-0.2, 0) is 0 Å². The van der Waals surface area contributed by atoms with E-state index in [-0.39, 0.29) is 28.9 Å². The van der Waals surface area contributed by atoms with Crippen molar-refractivity contribution in [3.63, 3.8) is 0 Å². The average molecular weight is 245 g/mol. The van der Waals surface area contributed by atoms with Gasteiger partial charge in [0.1, 0.15) is 11.4 Å². The Bertz CT molecular complexity index is 556. The summed E-state index contributed by atoms with van der Waals surface area (Å²) in [5.41, 5.74) is 5.69. The zero-order chi connectivity index (χ0) is 13.1. The Morgan fingerprint density at radius 2 is 2.39 bits per heavy atom. The van der Waals surface area contributed by atoms with Crippen LogP contribution >= 0.6 is 0 Å². The number of nitrogens with two attached hydrogens (primary N) is 1. The maximum absolute atomic E-state index is 11.6. The number of hydrogen-bond donors (Lipinski definition) is 4. The molecule has 1 heterocycles. The lowest BCUT2D eigenvalue weighted by molar-refractivity contribution is 0.629. The van der Waals surface area contributed by atoms with Gasteiger partial charge < -0.3 is 16.0 Å². The molecule has 1 fully saturated rings. The number of hydrogen-bond acceptors (Lipinski definition) is 4. The molecule has 6 heteroatoms. The van der Waals surface area contributed by atoms with Crippen LogP contribution in [0.5, 0.6) is 0 Å². The molecule has 0 unspecified atom stereocenters. The normalized spacial score (nSPS) is 22.4. The van der Waals surface area contributed by atoms with E-state index < -0.39 is 0 Å². The van der Waals surface area contributed by atoms with Gasteiger partial charge in [-0.05, 0) is 25.3 Å². The molecule has 0 bridgehead atoms. The van der Waals surface area contributed by atoms with Crippen molar-refractivity contribution < 1.29 is 0 Å². The monoisotopic (exact) mass is 245 g/mol. The first-order valence-corrected chi connectivity index (χ1v) is 5.85. The number of aromatic amines is 1. The second-order valence-corrected chi connectivity index (χ2v) is 4.43. The van der Waals surface area contributed by atoms with Crippen molar-refractivity contribution in [2.24, 2.45) is 11.7 Å². The Hall–Kier alpha value is -2.29. The van der Waals surface area contributed by atoms with Crippen molar-refractivity contribution in [2.75, 3.05) is 5.32 Å². The largest absolute Gasteiger partial charge is 0.383 e. The highest BCUT2D eigenvalue weighted by molar-refractivity contribution is 5.99. The topological polar surface area (TPSA) is 119 Å². The summed E-state index contributed by atoms with van der Waals surface area (Å²) in [5.74, 6) is -0.324. The second kappa shape index (κ2) is 4.92. The lowest BCUT2D eigenvalue weighted by Crippen LogP contribution is -2.29. The fourth-order valence-electron chi connectivity index (χ4n) is 2.35. The molecule has 1 aromatic heterocycles. The number of nitrogens with one attached hydrogen (secondary N) is 3. The van der Waals surface area contributed by atoms with Crippen LogP contribution < -0.4 is 16.6 Å². The summed E-state index contributed by atoms with van der Waals surface area (Å²) in [6.07, 6.45) is 4.26. The molecule has 5 N–H and O–H groups in total. The predicted octanol–water partition coefficient (Wildman–Crippen LogP) is 0.763. The second-order valence-electron chi connectivity index (χ2n) is 4.43. The first kappa shape index (κ1) is 12.2. The molecule has 2 atom stereocenters. The highest BCUT2D eigenvalue weighted by atomic mass is 16.1. The smallest absolute Gasteiger partial charge is 0.261 e. The molecule has 0 saturated heterocycles. The summed E-state index contributed by atoms with van der Waals surface area (Å²) in [5, 5.41) is 19.6. The molecule has 1 aliphatic carbocycles. The molecule has 0 amide bonds. The van der Waals surface area contributed by atoms with E-state index in [1.54, 1.807) is 6.07 Å². The zero-order valence-corrected chi connectivity index (χ0v) is 9.86. The average Bonchev–Trinajstić information content (AvgIpc) is 2.76. The molecule has 18 heavy (non-hydrogen) atoms. The molecule has 1 aliphatic rings. The van der Waals surface area contributed by atoms with Crippen molar-refractivity contribution in [1.29, 1.82) is 10.7 Å². The number of nitriles is 1. The molecule has 0 aromatic carbocycles. The molecule has 94 valence electrons. The van der Waals surface area contributed by atoms with Crippen LogP contribution in [0.1, 0.15) is 24.8 Å². The number of rotatable bonds is 3. The first-order chi connectivity index (χ1) is 8.63. The SMILES string of the molecule is N#C[C@H]1CCC[C@@H]1Nc1cc[nH]c(=O)c1C(=N)N. The van der Waals surface area contributed by atoms with E-state index in [0.717, 1.165) is 19.3 Å². The predicted molar refractivity (Wildman–Crippen MR) is 68.4 cm³/mol. The molecular formula is C12H15N5O. The summed E-state index contributed by atoms with van der Waals surface area (Å²) in [4.78, 5) is 14.1. The van der Waals surface area contributed by atoms with E-state index in [1.807, 2.05) is 0 Å². The molecule has 0 radical (unpaired) electrons. The maximum Gasteiger partial charge on any atom is 0.261 e. The number of nitrogen functional groups attached to an aromatic ring is 1. The molecular weight excluding hydrogens is 230 g/mol. The van der Waals surface area contributed by atoms with Gasteiger partial charge in [-0.15, -0.1) is 0 Å². The van der Waals surface area contributed by atoms with Crippen LogP contribution in [0, 0.1) is 22.7 Å². The van der Waals surface area contributed by atoms with E-state index in [4.69, 9.17) is 16.4 Å². The van der Waals surface area contributed by atoms with Gasteiger partial charge in [0.2, 0.25) is 0 Å². The highest BCUT2D eigenvalue weighted by Gasteiger charge is 2.27. The third kappa shape index (κ3) is 2.20.